The molecule has 0 aromatic carbocycles. The van der Waals surface area contributed by atoms with Gasteiger partial charge in [0.2, 0.25) is 0 Å². The number of nitriles is 2. The largest absolute Gasteiger partial charge is 0.324 e. The standard InChI is InChI=1S/C10H11N3/c1-8(13)9-2-4-10(6-11,7-12)5-3-9/h2-4,8H,5,13H2,1H3. The van der Waals surface area contributed by atoms with Crippen LogP contribution in [0.1, 0.15) is 13.3 Å². The van der Waals surface area contributed by atoms with Crippen molar-refractivity contribution in [1.82, 2.24) is 0 Å². The highest BCUT2D eigenvalue weighted by atomic mass is 14.6. The van der Waals surface area contributed by atoms with E-state index in [1.54, 1.807) is 12.2 Å². The SMILES string of the molecule is CC(N)C1=CCC(C#N)(C#N)C=C1. The first-order valence-electron chi connectivity index (χ1n) is 4.11. The Hall–Kier alpha value is -1.58. The lowest BCUT2D eigenvalue weighted by molar-refractivity contribution is 0.655. The van der Waals surface area contributed by atoms with Crippen molar-refractivity contribution >= 4 is 0 Å². The van der Waals surface area contributed by atoms with Gasteiger partial charge in [-0.15, -0.1) is 0 Å². The summed E-state index contributed by atoms with van der Waals surface area (Å²) in [7, 11) is 0. The predicted molar refractivity (Wildman–Crippen MR) is 49.1 cm³/mol. The quantitative estimate of drug-likeness (QED) is 0.648. The van der Waals surface area contributed by atoms with Crippen LogP contribution in [0.2, 0.25) is 0 Å². The first-order chi connectivity index (χ1) is 6.13. The second-order valence-electron chi connectivity index (χ2n) is 3.23. The lowest BCUT2D eigenvalue weighted by Gasteiger charge is -2.18. The van der Waals surface area contributed by atoms with Crippen molar-refractivity contribution in [3.63, 3.8) is 0 Å². The molecule has 1 rings (SSSR count). The van der Waals surface area contributed by atoms with Crippen molar-refractivity contribution in [2.45, 2.75) is 19.4 Å². The Morgan fingerprint density at radius 2 is 2.15 bits per heavy atom. The number of hydrogen-bond acceptors (Lipinski definition) is 3. The number of rotatable bonds is 1. The molecule has 0 saturated carbocycles. The minimum atomic E-state index is -0.974. The van der Waals surface area contributed by atoms with E-state index in [0.717, 1.165) is 5.57 Å². The fraction of sp³-hybridized carbons (Fsp3) is 0.400. The molecule has 1 unspecified atom stereocenters. The number of nitrogens with two attached hydrogens (primary N) is 1. The average Bonchev–Trinajstić information content (AvgIpc) is 2.18. The third-order valence-corrected chi connectivity index (χ3v) is 2.14. The summed E-state index contributed by atoms with van der Waals surface area (Å²) in [5.41, 5.74) is 5.67. The average molecular weight is 173 g/mol. The maximum Gasteiger partial charge on any atom is 0.165 e. The van der Waals surface area contributed by atoms with Gasteiger partial charge in [0.1, 0.15) is 0 Å². The van der Waals surface area contributed by atoms with Gasteiger partial charge in [-0.3, -0.25) is 0 Å². The molecular weight excluding hydrogens is 162 g/mol. The zero-order valence-corrected chi connectivity index (χ0v) is 7.49. The molecule has 66 valence electrons. The van der Waals surface area contributed by atoms with Crippen LogP contribution in [-0.4, -0.2) is 6.04 Å². The number of hydrogen-bond donors (Lipinski definition) is 1. The molecule has 0 heterocycles. The topological polar surface area (TPSA) is 73.6 Å². The van der Waals surface area contributed by atoms with Gasteiger partial charge in [0, 0.05) is 12.5 Å². The van der Waals surface area contributed by atoms with Crippen LogP contribution in [0.5, 0.6) is 0 Å². The summed E-state index contributed by atoms with van der Waals surface area (Å²) in [5, 5.41) is 17.6. The molecule has 0 amide bonds. The van der Waals surface area contributed by atoms with Gasteiger partial charge in [-0.1, -0.05) is 12.2 Å². The Balaban J connectivity index is 2.87. The maximum atomic E-state index is 8.78. The lowest BCUT2D eigenvalue weighted by Crippen LogP contribution is -2.21. The zero-order valence-electron chi connectivity index (χ0n) is 7.49. The summed E-state index contributed by atoms with van der Waals surface area (Å²) < 4.78 is 0. The summed E-state index contributed by atoms with van der Waals surface area (Å²) in [6.45, 7) is 1.88. The van der Waals surface area contributed by atoms with Gasteiger partial charge in [-0.25, -0.2) is 0 Å². The van der Waals surface area contributed by atoms with E-state index in [-0.39, 0.29) is 6.04 Å². The number of nitrogens with zero attached hydrogens (tertiary/aromatic N) is 2. The summed E-state index contributed by atoms with van der Waals surface area (Å²) in [6, 6.07) is 3.95. The van der Waals surface area contributed by atoms with E-state index in [1.165, 1.54) is 0 Å². The maximum absolute atomic E-state index is 8.78. The molecule has 0 aliphatic heterocycles. The van der Waals surface area contributed by atoms with Crippen molar-refractivity contribution in [2.75, 3.05) is 0 Å². The van der Waals surface area contributed by atoms with Crippen LogP contribution in [0, 0.1) is 28.1 Å². The van der Waals surface area contributed by atoms with E-state index in [1.807, 2.05) is 25.1 Å². The van der Waals surface area contributed by atoms with Crippen molar-refractivity contribution in [3.8, 4) is 12.1 Å². The van der Waals surface area contributed by atoms with E-state index in [4.69, 9.17) is 16.3 Å². The van der Waals surface area contributed by atoms with Crippen molar-refractivity contribution in [2.24, 2.45) is 11.1 Å². The first kappa shape index (κ1) is 9.51. The Bertz CT molecular complexity index is 322. The van der Waals surface area contributed by atoms with Gasteiger partial charge in [-0.05, 0) is 18.6 Å². The van der Waals surface area contributed by atoms with Crippen LogP contribution >= 0.6 is 0 Å². The molecule has 1 aliphatic rings. The monoisotopic (exact) mass is 173 g/mol. The highest BCUT2D eigenvalue weighted by Gasteiger charge is 2.28. The van der Waals surface area contributed by atoms with Crippen LogP contribution < -0.4 is 5.73 Å². The summed E-state index contributed by atoms with van der Waals surface area (Å²) in [6.07, 6.45) is 5.69. The van der Waals surface area contributed by atoms with E-state index >= 15 is 0 Å². The Kier molecular flexibility index (Phi) is 2.51. The molecule has 2 N–H and O–H groups in total. The summed E-state index contributed by atoms with van der Waals surface area (Å²) in [5.74, 6) is 0. The molecule has 3 heteroatoms. The molecular formula is C10H11N3. The third kappa shape index (κ3) is 1.77. The minimum Gasteiger partial charge on any atom is -0.324 e. The second-order valence-corrected chi connectivity index (χ2v) is 3.23. The second kappa shape index (κ2) is 3.43. The van der Waals surface area contributed by atoms with E-state index in [2.05, 4.69) is 0 Å². The van der Waals surface area contributed by atoms with E-state index in [0.29, 0.717) is 6.42 Å². The molecule has 13 heavy (non-hydrogen) atoms. The van der Waals surface area contributed by atoms with Crippen molar-refractivity contribution in [1.29, 1.82) is 10.5 Å². The molecule has 1 atom stereocenters. The highest BCUT2D eigenvalue weighted by Crippen LogP contribution is 2.28. The summed E-state index contributed by atoms with van der Waals surface area (Å²) >= 11 is 0. The molecule has 1 aliphatic carbocycles. The van der Waals surface area contributed by atoms with E-state index < -0.39 is 5.41 Å². The van der Waals surface area contributed by atoms with Crippen LogP contribution in [0.4, 0.5) is 0 Å². The molecule has 0 fully saturated rings. The van der Waals surface area contributed by atoms with Crippen LogP contribution in [0.3, 0.4) is 0 Å². The predicted octanol–water partition coefficient (Wildman–Crippen LogP) is 1.25. The molecule has 0 bridgehead atoms. The normalized spacial score (nSPS) is 21.1. The molecule has 0 aromatic rings. The molecule has 0 aromatic heterocycles. The minimum absolute atomic E-state index is 0.0355. The van der Waals surface area contributed by atoms with Gasteiger partial charge in [-0.2, -0.15) is 10.5 Å². The van der Waals surface area contributed by atoms with Crippen molar-refractivity contribution < 1.29 is 0 Å². The van der Waals surface area contributed by atoms with Crippen molar-refractivity contribution in [3.05, 3.63) is 23.8 Å². The molecule has 0 saturated heterocycles. The Morgan fingerprint density at radius 1 is 1.54 bits per heavy atom. The molecule has 3 nitrogen and oxygen atoms in total. The van der Waals surface area contributed by atoms with Crippen LogP contribution in [-0.2, 0) is 0 Å². The smallest absolute Gasteiger partial charge is 0.165 e. The van der Waals surface area contributed by atoms with Gasteiger partial charge in [0.25, 0.3) is 0 Å². The van der Waals surface area contributed by atoms with Crippen LogP contribution in [0.15, 0.2) is 23.8 Å². The van der Waals surface area contributed by atoms with Crippen LogP contribution in [0.25, 0.3) is 0 Å². The van der Waals surface area contributed by atoms with Gasteiger partial charge in [0.15, 0.2) is 5.41 Å². The third-order valence-electron chi connectivity index (χ3n) is 2.14. The highest BCUT2D eigenvalue weighted by molar-refractivity contribution is 5.37. The number of allylic oxidation sites excluding steroid dienone is 2. The fourth-order valence-corrected chi connectivity index (χ4v) is 1.18. The zero-order chi connectivity index (χ0) is 9.90. The lowest BCUT2D eigenvalue weighted by atomic mass is 9.82. The van der Waals surface area contributed by atoms with Gasteiger partial charge in [0.05, 0.1) is 12.1 Å². The van der Waals surface area contributed by atoms with E-state index in [9.17, 15) is 0 Å². The Morgan fingerprint density at radius 3 is 2.46 bits per heavy atom. The fourth-order valence-electron chi connectivity index (χ4n) is 1.18. The Labute approximate surface area is 77.8 Å². The summed E-state index contributed by atoms with van der Waals surface area (Å²) in [4.78, 5) is 0. The molecule has 0 radical (unpaired) electrons. The first-order valence-corrected chi connectivity index (χ1v) is 4.11. The van der Waals surface area contributed by atoms with Gasteiger partial charge < -0.3 is 5.73 Å². The molecule has 0 spiro atoms. The van der Waals surface area contributed by atoms with Gasteiger partial charge >= 0.3 is 0 Å².